The van der Waals surface area contributed by atoms with Gasteiger partial charge >= 0.3 is 0 Å². The van der Waals surface area contributed by atoms with Crippen molar-refractivity contribution in [2.45, 2.75) is 6.04 Å². The number of piperazine rings is 1. The fraction of sp³-hybridized carbons (Fsp3) is 0.571. The van der Waals surface area contributed by atoms with Crippen molar-refractivity contribution < 1.29 is 4.74 Å². The van der Waals surface area contributed by atoms with E-state index in [4.69, 9.17) is 4.74 Å². The van der Waals surface area contributed by atoms with Gasteiger partial charge in [-0.25, -0.2) is 0 Å². The number of nitrogens with one attached hydrogen (secondary N) is 2. The van der Waals surface area contributed by atoms with Gasteiger partial charge in [-0.2, -0.15) is 0 Å². The van der Waals surface area contributed by atoms with E-state index in [0.717, 1.165) is 42.9 Å². The summed E-state index contributed by atoms with van der Waals surface area (Å²) in [5.41, 5.74) is 1.21. The van der Waals surface area contributed by atoms with Crippen LogP contribution >= 0.6 is 15.9 Å². The number of likely N-dealkylation sites (N-methyl/N-ethyl adjacent to an activating group) is 1. The van der Waals surface area contributed by atoms with Crippen molar-refractivity contribution in [3.05, 3.63) is 28.2 Å². The van der Waals surface area contributed by atoms with Gasteiger partial charge < -0.3 is 15.4 Å². The highest BCUT2D eigenvalue weighted by Gasteiger charge is 2.19. The first-order chi connectivity index (χ1) is 9.24. The van der Waals surface area contributed by atoms with E-state index in [-0.39, 0.29) is 6.04 Å². The summed E-state index contributed by atoms with van der Waals surface area (Å²) in [6, 6.07) is 6.45. The Bertz CT molecular complexity index is 408. The van der Waals surface area contributed by atoms with E-state index >= 15 is 0 Å². The zero-order chi connectivity index (χ0) is 13.7. The van der Waals surface area contributed by atoms with Crippen LogP contribution in [-0.4, -0.2) is 51.8 Å². The zero-order valence-electron chi connectivity index (χ0n) is 11.6. The van der Waals surface area contributed by atoms with E-state index in [2.05, 4.69) is 37.5 Å². The lowest BCUT2D eigenvalue weighted by Gasteiger charge is -2.31. The largest absolute Gasteiger partial charge is 0.496 e. The average molecular weight is 328 g/mol. The molecule has 1 aliphatic rings. The zero-order valence-corrected chi connectivity index (χ0v) is 13.2. The Kier molecular flexibility index (Phi) is 5.63. The van der Waals surface area contributed by atoms with Crippen molar-refractivity contribution in [2.24, 2.45) is 0 Å². The summed E-state index contributed by atoms with van der Waals surface area (Å²) in [5, 5.41) is 6.79. The van der Waals surface area contributed by atoms with E-state index in [9.17, 15) is 0 Å². The Hall–Kier alpha value is -0.620. The van der Waals surface area contributed by atoms with Crippen molar-refractivity contribution in [1.82, 2.24) is 15.5 Å². The first kappa shape index (κ1) is 14.8. The molecule has 0 aromatic heterocycles. The number of nitrogens with zero attached hydrogens (tertiary/aromatic N) is 1. The Morgan fingerprint density at radius 2 is 2.16 bits per heavy atom. The molecule has 1 saturated heterocycles. The van der Waals surface area contributed by atoms with Crippen molar-refractivity contribution >= 4 is 15.9 Å². The van der Waals surface area contributed by atoms with E-state index in [1.54, 1.807) is 7.11 Å². The minimum absolute atomic E-state index is 0.283. The van der Waals surface area contributed by atoms with Gasteiger partial charge in [0.2, 0.25) is 0 Å². The maximum Gasteiger partial charge on any atom is 0.123 e. The minimum Gasteiger partial charge on any atom is -0.496 e. The molecule has 2 N–H and O–H groups in total. The lowest BCUT2D eigenvalue weighted by molar-refractivity contribution is 0.217. The van der Waals surface area contributed by atoms with Crippen molar-refractivity contribution in [1.29, 1.82) is 0 Å². The average Bonchev–Trinajstić information content (AvgIpc) is 2.46. The molecule has 0 saturated carbocycles. The number of halogens is 1. The number of hydrogen-bond acceptors (Lipinski definition) is 4. The standard InChI is InChI=1S/C14H22BrN3O/c1-16-13(10-18-7-5-17-6-8-18)12-9-11(15)3-4-14(12)19-2/h3-4,9,13,16-17H,5-8,10H2,1-2H3. The van der Waals surface area contributed by atoms with Gasteiger partial charge in [-0.15, -0.1) is 0 Å². The maximum atomic E-state index is 5.48. The second-order valence-electron chi connectivity index (χ2n) is 4.78. The van der Waals surface area contributed by atoms with Crippen LogP contribution in [0.3, 0.4) is 0 Å². The molecule has 5 heteroatoms. The quantitative estimate of drug-likeness (QED) is 0.861. The summed E-state index contributed by atoms with van der Waals surface area (Å²) in [6.45, 7) is 5.37. The summed E-state index contributed by atoms with van der Waals surface area (Å²) in [6.07, 6.45) is 0. The van der Waals surface area contributed by atoms with Crippen LogP contribution in [0.25, 0.3) is 0 Å². The number of hydrogen-bond donors (Lipinski definition) is 2. The summed E-state index contributed by atoms with van der Waals surface area (Å²) in [7, 11) is 3.73. The van der Waals surface area contributed by atoms with Gasteiger partial charge in [-0.05, 0) is 25.2 Å². The molecular formula is C14H22BrN3O. The Balaban J connectivity index is 2.13. The van der Waals surface area contributed by atoms with Crippen LogP contribution in [0, 0.1) is 0 Å². The molecule has 1 atom stereocenters. The number of methoxy groups -OCH3 is 1. The van der Waals surface area contributed by atoms with Crippen LogP contribution in [0.15, 0.2) is 22.7 Å². The SMILES string of the molecule is CNC(CN1CCNCC1)c1cc(Br)ccc1OC. The molecule has 0 radical (unpaired) electrons. The monoisotopic (exact) mass is 327 g/mol. The van der Waals surface area contributed by atoms with Crippen LogP contribution in [0.1, 0.15) is 11.6 Å². The first-order valence-corrected chi connectivity index (χ1v) is 7.47. The third kappa shape index (κ3) is 3.92. The van der Waals surface area contributed by atoms with E-state index in [0.29, 0.717) is 0 Å². The van der Waals surface area contributed by atoms with Gasteiger partial charge in [-0.3, -0.25) is 4.90 Å². The molecule has 1 fully saturated rings. The molecule has 4 nitrogen and oxygen atoms in total. The van der Waals surface area contributed by atoms with Crippen LogP contribution in [0.5, 0.6) is 5.75 Å². The summed E-state index contributed by atoms with van der Waals surface area (Å²) in [4.78, 5) is 2.48. The van der Waals surface area contributed by atoms with E-state index in [1.165, 1.54) is 5.56 Å². The molecule has 106 valence electrons. The van der Waals surface area contributed by atoms with Crippen LogP contribution in [-0.2, 0) is 0 Å². The fourth-order valence-electron chi connectivity index (χ4n) is 2.47. The molecule has 0 amide bonds. The smallest absolute Gasteiger partial charge is 0.123 e. The molecule has 1 aromatic rings. The molecule has 0 aliphatic carbocycles. The predicted molar refractivity (Wildman–Crippen MR) is 81.8 cm³/mol. The summed E-state index contributed by atoms with van der Waals surface area (Å²) in [5.74, 6) is 0.942. The highest BCUT2D eigenvalue weighted by atomic mass is 79.9. The van der Waals surface area contributed by atoms with Gasteiger partial charge in [0.15, 0.2) is 0 Å². The number of benzene rings is 1. The molecule has 19 heavy (non-hydrogen) atoms. The van der Waals surface area contributed by atoms with Gasteiger partial charge in [0.05, 0.1) is 7.11 Å². The van der Waals surface area contributed by atoms with E-state index < -0.39 is 0 Å². The van der Waals surface area contributed by atoms with Gasteiger partial charge in [0.25, 0.3) is 0 Å². The van der Waals surface area contributed by atoms with Crippen molar-refractivity contribution in [3.63, 3.8) is 0 Å². The normalized spacial score (nSPS) is 18.3. The molecular weight excluding hydrogens is 306 g/mol. The second kappa shape index (κ2) is 7.24. The van der Waals surface area contributed by atoms with Crippen LogP contribution < -0.4 is 15.4 Å². The minimum atomic E-state index is 0.283. The number of rotatable bonds is 5. The van der Waals surface area contributed by atoms with Crippen molar-refractivity contribution in [3.8, 4) is 5.75 Å². The second-order valence-corrected chi connectivity index (χ2v) is 5.69. The topological polar surface area (TPSA) is 36.5 Å². The molecule has 1 aliphatic heterocycles. The first-order valence-electron chi connectivity index (χ1n) is 6.68. The third-order valence-corrected chi connectivity index (χ3v) is 4.06. The third-order valence-electron chi connectivity index (χ3n) is 3.57. The highest BCUT2D eigenvalue weighted by Crippen LogP contribution is 2.29. The lowest BCUT2D eigenvalue weighted by atomic mass is 10.0. The molecule has 1 aromatic carbocycles. The Labute approximate surface area is 123 Å². The maximum absolute atomic E-state index is 5.48. The van der Waals surface area contributed by atoms with Crippen LogP contribution in [0.2, 0.25) is 0 Å². The van der Waals surface area contributed by atoms with Gasteiger partial charge in [0.1, 0.15) is 5.75 Å². The summed E-state index contributed by atoms with van der Waals surface area (Å²) >= 11 is 3.54. The molecule has 0 bridgehead atoms. The molecule has 0 spiro atoms. The molecule has 2 rings (SSSR count). The molecule has 1 heterocycles. The lowest BCUT2D eigenvalue weighted by Crippen LogP contribution is -2.46. The number of ether oxygens (including phenoxy) is 1. The highest BCUT2D eigenvalue weighted by molar-refractivity contribution is 9.10. The van der Waals surface area contributed by atoms with Crippen molar-refractivity contribution in [2.75, 3.05) is 46.9 Å². The fourth-order valence-corrected chi connectivity index (χ4v) is 2.85. The Morgan fingerprint density at radius 1 is 1.42 bits per heavy atom. The van der Waals surface area contributed by atoms with Gasteiger partial charge in [0, 0.05) is 48.8 Å². The molecule has 1 unspecified atom stereocenters. The van der Waals surface area contributed by atoms with Gasteiger partial charge in [-0.1, -0.05) is 15.9 Å². The van der Waals surface area contributed by atoms with Crippen LogP contribution in [0.4, 0.5) is 0 Å². The Morgan fingerprint density at radius 3 is 2.79 bits per heavy atom. The predicted octanol–water partition coefficient (Wildman–Crippen LogP) is 1.62. The van der Waals surface area contributed by atoms with E-state index in [1.807, 2.05) is 19.2 Å². The summed E-state index contributed by atoms with van der Waals surface area (Å²) < 4.78 is 6.57.